The standard InChI is InChI=1S/C14H22N6.2ClH/c1-18-8-10-19(11-9-18)7-5-16-14-13(15)12-4-2-3-6-20(12)17-14;;/h2-4,6H,5,7-11,15H2,1H3,(H,16,17);2*1H. The first-order valence-corrected chi connectivity index (χ1v) is 7.11. The maximum atomic E-state index is 6.11. The van der Waals surface area contributed by atoms with Crippen molar-refractivity contribution >= 4 is 41.8 Å². The van der Waals surface area contributed by atoms with Crippen molar-refractivity contribution < 1.29 is 0 Å². The lowest BCUT2D eigenvalue weighted by Gasteiger charge is -2.32. The second kappa shape index (κ2) is 8.43. The molecule has 0 atom stereocenters. The summed E-state index contributed by atoms with van der Waals surface area (Å²) in [5.41, 5.74) is 7.79. The van der Waals surface area contributed by atoms with Gasteiger partial charge in [-0.15, -0.1) is 29.9 Å². The van der Waals surface area contributed by atoms with Crippen LogP contribution in [0.3, 0.4) is 0 Å². The Bertz CT molecular complexity index is 580. The predicted molar refractivity (Wildman–Crippen MR) is 96.5 cm³/mol. The van der Waals surface area contributed by atoms with E-state index >= 15 is 0 Å². The molecule has 2 aromatic rings. The quantitative estimate of drug-likeness (QED) is 0.876. The summed E-state index contributed by atoms with van der Waals surface area (Å²) in [4.78, 5) is 4.84. The van der Waals surface area contributed by atoms with E-state index in [1.54, 1.807) is 0 Å². The molecule has 8 heteroatoms. The van der Waals surface area contributed by atoms with Crippen LogP contribution in [0.4, 0.5) is 11.5 Å². The molecule has 1 saturated heterocycles. The van der Waals surface area contributed by atoms with Crippen LogP contribution in [-0.2, 0) is 0 Å². The van der Waals surface area contributed by atoms with Gasteiger partial charge in [-0.05, 0) is 19.2 Å². The van der Waals surface area contributed by atoms with Crippen LogP contribution < -0.4 is 11.1 Å². The molecular formula is C14H24Cl2N6. The van der Waals surface area contributed by atoms with Crippen LogP contribution in [0.25, 0.3) is 5.52 Å². The number of fused-ring (bicyclic) bond motifs is 1. The Balaban J connectivity index is 0.00000121. The van der Waals surface area contributed by atoms with Crippen molar-refractivity contribution in [2.45, 2.75) is 0 Å². The number of anilines is 2. The maximum Gasteiger partial charge on any atom is 0.172 e. The van der Waals surface area contributed by atoms with Gasteiger partial charge >= 0.3 is 0 Å². The third-order valence-electron chi connectivity index (χ3n) is 3.89. The van der Waals surface area contributed by atoms with Crippen molar-refractivity contribution in [3.8, 4) is 0 Å². The fourth-order valence-electron chi connectivity index (χ4n) is 2.55. The number of nitrogen functional groups attached to an aromatic ring is 1. The molecule has 0 aliphatic carbocycles. The molecule has 0 aromatic carbocycles. The van der Waals surface area contributed by atoms with Crippen molar-refractivity contribution in [3.63, 3.8) is 0 Å². The van der Waals surface area contributed by atoms with Crippen LogP contribution in [0.15, 0.2) is 24.4 Å². The largest absolute Gasteiger partial charge is 0.394 e. The highest BCUT2D eigenvalue weighted by Crippen LogP contribution is 2.22. The SMILES string of the molecule is CN1CCN(CCNc2nn3ccccc3c2N)CC1.Cl.Cl. The van der Waals surface area contributed by atoms with Crippen LogP contribution in [0.5, 0.6) is 0 Å². The minimum absolute atomic E-state index is 0. The van der Waals surface area contributed by atoms with Crippen LogP contribution in [0.2, 0.25) is 0 Å². The smallest absolute Gasteiger partial charge is 0.172 e. The van der Waals surface area contributed by atoms with Gasteiger partial charge in [0.15, 0.2) is 5.82 Å². The van der Waals surface area contributed by atoms with Gasteiger partial charge < -0.3 is 16.0 Å². The van der Waals surface area contributed by atoms with Gasteiger partial charge in [0, 0.05) is 45.5 Å². The van der Waals surface area contributed by atoms with Crippen LogP contribution in [0.1, 0.15) is 0 Å². The first kappa shape index (κ1) is 18.8. The first-order chi connectivity index (χ1) is 9.74. The Labute approximate surface area is 143 Å². The minimum atomic E-state index is 0. The van der Waals surface area contributed by atoms with E-state index in [4.69, 9.17) is 5.73 Å². The minimum Gasteiger partial charge on any atom is -0.394 e. The molecule has 0 amide bonds. The monoisotopic (exact) mass is 346 g/mol. The molecule has 0 bridgehead atoms. The summed E-state index contributed by atoms with van der Waals surface area (Å²) in [5.74, 6) is 0.783. The number of nitrogens with zero attached hydrogens (tertiary/aromatic N) is 4. The predicted octanol–water partition coefficient (Wildman–Crippen LogP) is 1.42. The van der Waals surface area contributed by atoms with E-state index in [1.165, 1.54) is 0 Å². The van der Waals surface area contributed by atoms with Gasteiger partial charge in [0.25, 0.3) is 0 Å². The molecule has 1 aliphatic heterocycles. The Morgan fingerprint density at radius 2 is 1.91 bits per heavy atom. The zero-order chi connectivity index (χ0) is 13.9. The van der Waals surface area contributed by atoms with E-state index in [0.717, 1.165) is 56.3 Å². The molecule has 0 unspecified atom stereocenters. The van der Waals surface area contributed by atoms with E-state index in [0.29, 0.717) is 0 Å². The fraction of sp³-hybridized carbons (Fsp3) is 0.500. The molecule has 3 heterocycles. The van der Waals surface area contributed by atoms with Gasteiger partial charge in [0.1, 0.15) is 5.69 Å². The number of piperazine rings is 1. The average molecular weight is 347 g/mol. The van der Waals surface area contributed by atoms with Crippen molar-refractivity contribution in [2.24, 2.45) is 0 Å². The summed E-state index contributed by atoms with van der Waals surface area (Å²) >= 11 is 0. The van der Waals surface area contributed by atoms with Gasteiger partial charge in [-0.1, -0.05) is 6.07 Å². The number of nitrogens with two attached hydrogens (primary N) is 1. The number of halogens is 2. The average Bonchev–Trinajstić information content (AvgIpc) is 2.78. The zero-order valence-electron chi connectivity index (χ0n) is 12.7. The van der Waals surface area contributed by atoms with Crippen molar-refractivity contribution in [2.75, 3.05) is 57.4 Å². The third-order valence-corrected chi connectivity index (χ3v) is 3.89. The molecular weight excluding hydrogens is 323 g/mol. The van der Waals surface area contributed by atoms with Crippen molar-refractivity contribution in [1.82, 2.24) is 19.4 Å². The Morgan fingerprint density at radius 1 is 1.18 bits per heavy atom. The highest BCUT2D eigenvalue weighted by Gasteiger charge is 2.13. The highest BCUT2D eigenvalue weighted by atomic mass is 35.5. The number of pyridine rings is 1. The molecule has 2 aromatic heterocycles. The molecule has 0 spiro atoms. The molecule has 3 rings (SSSR count). The van der Waals surface area contributed by atoms with Crippen molar-refractivity contribution in [1.29, 1.82) is 0 Å². The lowest BCUT2D eigenvalue weighted by Crippen LogP contribution is -2.45. The van der Waals surface area contributed by atoms with Gasteiger partial charge in [-0.3, -0.25) is 4.90 Å². The second-order valence-corrected chi connectivity index (χ2v) is 5.36. The van der Waals surface area contributed by atoms with Gasteiger partial charge in [-0.2, -0.15) is 0 Å². The third kappa shape index (κ3) is 4.16. The van der Waals surface area contributed by atoms with E-state index in [-0.39, 0.29) is 24.8 Å². The molecule has 0 radical (unpaired) electrons. The Morgan fingerprint density at radius 3 is 2.59 bits per heavy atom. The summed E-state index contributed by atoms with van der Waals surface area (Å²) in [6.45, 7) is 6.48. The summed E-state index contributed by atoms with van der Waals surface area (Å²) in [7, 11) is 2.17. The number of likely N-dealkylation sites (N-methyl/N-ethyl adjacent to an activating group) is 1. The summed E-state index contributed by atoms with van der Waals surface area (Å²) in [6, 6.07) is 5.91. The Kier molecular flexibility index (Phi) is 7.22. The highest BCUT2D eigenvalue weighted by molar-refractivity contribution is 5.85. The molecule has 1 aliphatic rings. The normalized spacial score (nSPS) is 16.0. The molecule has 6 nitrogen and oxygen atoms in total. The molecule has 3 N–H and O–H groups in total. The topological polar surface area (TPSA) is 61.8 Å². The van der Waals surface area contributed by atoms with E-state index in [2.05, 4.69) is 27.3 Å². The van der Waals surface area contributed by atoms with Gasteiger partial charge in [0.05, 0.1) is 5.52 Å². The Hall–Kier alpha value is -1.21. The summed E-state index contributed by atoms with van der Waals surface area (Å²) in [5, 5.41) is 7.81. The number of hydrogen-bond donors (Lipinski definition) is 2. The summed E-state index contributed by atoms with van der Waals surface area (Å²) < 4.78 is 1.81. The molecule has 22 heavy (non-hydrogen) atoms. The lowest BCUT2D eigenvalue weighted by atomic mass is 10.3. The molecule has 124 valence electrons. The van der Waals surface area contributed by atoms with E-state index in [1.807, 2.05) is 28.9 Å². The van der Waals surface area contributed by atoms with Crippen molar-refractivity contribution in [3.05, 3.63) is 24.4 Å². The lowest BCUT2D eigenvalue weighted by molar-refractivity contribution is 0.158. The van der Waals surface area contributed by atoms with E-state index in [9.17, 15) is 0 Å². The fourth-order valence-corrected chi connectivity index (χ4v) is 2.55. The van der Waals surface area contributed by atoms with E-state index < -0.39 is 0 Å². The number of hydrogen-bond acceptors (Lipinski definition) is 5. The van der Waals surface area contributed by atoms with Gasteiger partial charge in [-0.25, -0.2) is 4.52 Å². The molecule has 0 saturated carbocycles. The van der Waals surface area contributed by atoms with Gasteiger partial charge in [0.2, 0.25) is 0 Å². The number of rotatable bonds is 4. The van der Waals surface area contributed by atoms with Crippen LogP contribution in [0, 0.1) is 0 Å². The summed E-state index contributed by atoms with van der Waals surface area (Å²) in [6.07, 6.45) is 1.91. The molecule has 1 fully saturated rings. The number of aromatic nitrogens is 2. The number of nitrogens with one attached hydrogen (secondary N) is 1. The van der Waals surface area contributed by atoms with Crippen LogP contribution >= 0.6 is 24.8 Å². The zero-order valence-corrected chi connectivity index (χ0v) is 14.4. The second-order valence-electron chi connectivity index (χ2n) is 5.36. The first-order valence-electron chi connectivity index (χ1n) is 7.11. The van der Waals surface area contributed by atoms with Crippen LogP contribution in [-0.4, -0.2) is 65.7 Å². The maximum absolute atomic E-state index is 6.11.